The Balaban J connectivity index is 1.95. The molecule has 1 amide bonds. The van der Waals surface area contributed by atoms with Gasteiger partial charge in [-0.25, -0.2) is 0 Å². The highest BCUT2D eigenvalue weighted by Gasteiger charge is 2.23. The second-order valence-electron chi connectivity index (χ2n) is 4.49. The van der Waals surface area contributed by atoms with Crippen LogP contribution in [0.5, 0.6) is 0 Å². The van der Waals surface area contributed by atoms with E-state index in [9.17, 15) is 4.79 Å². The molecule has 1 saturated heterocycles. The topological polar surface area (TPSA) is 56.2 Å². The monoisotopic (exact) mass is 237 g/mol. The molecule has 0 bridgehead atoms. The van der Waals surface area contributed by atoms with Gasteiger partial charge < -0.3 is 10.1 Å². The Kier molecular flexibility index (Phi) is 3.47. The third-order valence-electron chi connectivity index (χ3n) is 3.32. The molecule has 1 atom stereocenters. The third kappa shape index (κ3) is 2.49. The fourth-order valence-corrected chi connectivity index (χ4v) is 2.15. The smallest absolute Gasteiger partial charge is 0.249 e. The minimum absolute atomic E-state index is 0.00912. The fourth-order valence-electron chi connectivity index (χ4n) is 2.15. The molecule has 2 rings (SSSR count). The van der Waals surface area contributed by atoms with Gasteiger partial charge in [0, 0.05) is 31.5 Å². The van der Waals surface area contributed by atoms with Crippen molar-refractivity contribution in [3.05, 3.63) is 17.0 Å². The molecule has 17 heavy (non-hydrogen) atoms. The first-order chi connectivity index (χ1) is 8.09. The molecule has 1 aromatic heterocycles. The maximum absolute atomic E-state index is 11.8. The van der Waals surface area contributed by atoms with Crippen molar-refractivity contribution in [2.75, 3.05) is 6.61 Å². The van der Waals surface area contributed by atoms with Crippen LogP contribution in [0, 0.1) is 13.8 Å². The first-order valence-electron chi connectivity index (χ1n) is 5.98. The lowest BCUT2D eigenvalue weighted by molar-refractivity contribution is -0.130. The van der Waals surface area contributed by atoms with Crippen molar-refractivity contribution in [3.63, 3.8) is 0 Å². The summed E-state index contributed by atoms with van der Waals surface area (Å²) >= 11 is 0. The van der Waals surface area contributed by atoms with E-state index in [1.807, 2.05) is 25.6 Å². The zero-order valence-corrected chi connectivity index (χ0v) is 10.6. The number of hydrogen-bond donors (Lipinski definition) is 1. The van der Waals surface area contributed by atoms with Gasteiger partial charge in [-0.1, -0.05) is 0 Å². The van der Waals surface area contributed by atoms with Gasteiger partial charge in [0.25, 0.3) is 0 Å². The van der Waals surface area contributed by atoms with Crippen molar-refractivity contribution in [2.24, 2.45) is 7.05 Å². The normalized spacial score (nSPS) is 19.6. The predicted molar refractivity (Wildman–Crippen MR) is 63.5 cm³/mol. The summed E-state index contributed by atoms with van der Waals surface area (Å²) in [6.07, 6.45) is 1.55. The number of hydrogen-bond acceptors (Lipinski definition) is 3. The average molecular weight is 237 g/mol. The van der Waals surface area contributed by atoms with Crippen molar-refractivity contribution in [1.29, 1.82) is 0 Å². The molecule has 1 N–H and O–H groups in total. The quantitative estimate of drug-likeness (QED) is 0.847. The van der Waals surface area contributed by atoms with Gasteiger partial charge >= 0.3 is 0 Å². The second-order valence-corrected chi connectivity index (χ2v) is 4.49. The van der Waals surface area contributed by atoms with E-state index in [1.54, 1.807) is 0 Å². The second kappa shape index (κ2) is 4.87. The summed E-state index contributed by atoms with van der Waals surface area (Å²) in [7, 11) is 1.91. The lowest BCUT2D eigenvalue weighted by Gasteiger charge is -2.10. The van der Waals surface area contributed by atoms with Crippen LogP contribution in [0.3, 0.4) is 0 Å². The van der Waals surface area contributed by atoms with Crippen LogP contribution in [-0.4, -0.2) is 28.4 Å². The van der Waals surface area contributed by atoms with E-state index in [0.717, 1.165) is 29.8 Å². The van der Waals surface area contributed by atoms with Crippen LogP contribution >= 0.6 is 0 Å². The highest BCUT2D eigenvalue weighted by Crippen LogP contribution is 2.14. The molecule has 0 saturated carbocycles. The van der Waals surface area contributed by atoms with E-state index in [0.29, 0.717) is 13.2 Å². The molecule has 1 aliphatic rings. The SMILES string of the molecule is Cc1nn(C)c(C)c1CNC(=O)C1CCCO1. The summed E-state index contributed by atoms with van der Waals surface area (Å²) in [5, 5.41) is 7.24. The summed E-state index contributed by atoms with van der Waals surface area (Å²) in [5.74, 6) is -0.00912. The number of aromatic nitrogens is 2. The molecule has 2 heterocycles. The number of nitrogens with one attached hydrogen (secondary N) is 1. The molecule has 1 fully saturated rings. The highest BCUT2D eigenvalue weighted by atomic mass is 16.5. The minimum atomic E-state index is -0.257. The van der Waals surface area contributed by atoms with Crippen molar-refractivity contribution in [3.8, 4) is 0 Å². The van der Waals surface area contributed by atoms with Crippen LogP contribution in [-0.2, 0) is 23.1 Å². The van der Waals surface area contributed by atoms with Gasteiger partial charge in [0.1, 0.15) is 6.10 Å². The Morgan fingerprint density at radius 3 is 2.88 bits per heavy atom. The molecular weight excluding hydrogens is 218 g/mol. The van der Waals surface area contributed by atoms with Crippen molar-refractivity contribution < 1.29 is 9.53 Å². The fraction of sp³-hybridized carbons (Fsp3) is 0.667. The number of ether oxygens (including phenoxy) is 1. The zero-order valence-electron chi connectivity index (χ0n) is 10.6. The maximum Gasteiger partial charge on any atom is 0.249 e. The van der Waals surface area contributed by atoms with Crippen LogP contribution < -0.4 is 5.32 Å². The molecule has 0 spiro atoms. The largest absolute Gasteiger partial charge is 0.368 e. The zero-order chi connectivity index (χ0) is 12.4. The standard InChI is InChI=1S/C12H19N3O2/c1-8-10(9(2)15(3)14-8)7-13-12(16)11-5-4-6-17-11/h11H,4-7H2,1-3H3,(H,13,16). The number of carbonyl (C=O) groups is 1. The lowest BCUT2D eigenvalue weighted by Crippen LogP contribution is -2.33. The van der Waals surface area contributed by atoms with Gasteiger partial charge in [-0.15, -0.1) is 0 Å². The average Bonchev–Trinajstić information content (AvgIpc) is 2.88. The molecule has 0 aliphatic carbocycles. The van der Waals surface area contributed by atoms with Crippen molar-refractivity contribution >= 4 is 5.91 Å². The molecule has 1 aromatic rings. The third-order valence-corrected chi connectivity index (χ3v) is 3.32. The van der Waals surface area contributed by atoms with Gasteiger partial charge in [-0.05, 0) is 26.7 Å². The van der Waals surface area contributed by atoms with E-state index < -0.39 is 0 Å². The van der Waals surface area contributed by atoms with Crippen molar-refractivity contribution in [2.45, 2.75) is 39.3 Å². The van der Waals surface area contributed by atoms with Crippen LogP contribution in [0.15, 0.2) is 0 Å². The van der Waals surface area contributed by atoms with Crippen LogP contribution in [0.2, 0.25) is 0 Å². The van der Waals surface area contributed by atoms with Gasteiger partial charge in [-0.3, -0.25) is 9.48 Å². The molecule has 0 radical (unpaired) electrons. The Morgan fingerprint density at radius 2 is 2.35 bits per heavy atom. The van der Waals surface area contributed by atoms with Gasteiger partial charge in [0.2, 0.25) is 5.91 Å². The minimum Gasteiger partial charge on any atom is -0.368 e. The van der Waals surface area contributed by atoms with Crippen LogP contribution in [0.25, 0.3) is 0 Å². The van der Waals surface area contributed by atoms with Gasteiger partial charge in [0.15, 0.2) is 0 Å². The molecular formula is C12H19N3O2. The Labute approximate surface area is 101 Å². The van der Waals surface area contributed by atoms with Crippen LogP contribution in [0.1, 0.15) is 29.8 Å². The number of rotatable bonds is 3. The first-order valence-corrected chi connectivity index (χ1v) is 5.98. The number of nitrogens with zero attached hydrogens (tertiary/aromatic N) is 2. The predicted octanol–water partition coefficient (Wildman–Crippen LogP) is 0.832. The molecule has 5 heteroatoms. The van der Waals surface area contributed by atoms with E-state index >= 15 is 0 Å². The summed E-state index contributed by atoms with van der Waals surface area (Å²) < 4.78 is 7.17. The summed E-state index contributed by atoms with van der Waals surface area (Å²) in [4.78, 5) is 11.8. The Hall–Kier alpha value is -1.36. The van der Waals surface area contributed by atoms with Crippen molar-refractivity contribution in [1.82, 2.24) is 15.1 Å². The van der Waals surface area contributed by atoms with Crippen LogP contribution in [0.4, 0.5) is 0 Å². The molecule has 1 aliphatic heterocycles. The summed E-state index contributed by atoms with van der Waals surface area (Å²) in [5.41, 5.74) is 3.16. The molecule has 5 nitrogen and oxygen atoms in total. The summed E-state index contributed by atoms with van der Waals surface area (Å²) in [6, 6.07) is 0. The summed E-state index contributed by atoms with van der Waals surface area (Å²) in [6.45, 7) is 5.20. The molecule has 94 valence electrons. The Bertz CT molecular complexity index is 420. The maximum atomic E-state index is 11.8. The first kappa shape index (κ1) is 12.1. The molecule has 1 unspecified atom stereocenters. The highest BCUT2D eigenvalue weighted by molar-refractivity contribution is 5.80. The van der Waals surface area contributed by atoms with E-state index in [2.05, 4.69) is 10.4 Å². The Morgan fingerprint density at radius 1 is 1.59 bits per heavy atom. The number of aryl methyl sites for hydroxylation is 2. The number of amides is 1. The molecule has 0 aromatic carbocycles. The van der Waals surface area contributed by atoms with Gasteiger partial charge in [-0.2, -0.15) is 5.10 Å². The number of carbonyl (C=O) groups excluding carboxylic acids is 1. The van der Waals surface area contributed by atoms with E-state index in [-0.39, 0.29) is 12.0 Å². The van der Waals surface area contributed by atoms with E-state index in [4.69, 9.17) is 4.74 Å². The van der Waals surface area contributed by atoms with Gasteiger partial charge in [0.05, 0.1) is 5.69 Å². The van der Waals surface area contributed by atoms with E-state index in [1.165, 1.54) is 0 Å². The lowest BCUT2D eigenvalue weighted by atomic mass is 10.2.